The number of nitrogens with zero attached hydrogens (tertiary/aromatic N) is 1. The standard InChI is InChI=1S/C17H24ClN3O/c1-12-4-5-14(11-15(12)18)20-17(22)21-9-6-13(7-10-21)16-3-2-8-19-16/h4-5,11,13,16,19H,2-3,6-10H2,1H3,(H,20,22). The molecule has 3 rings (SSSR count). The first kappa shape index (κ1) is 15.6. The first-order valence-electron chi connectivity index (χ1n) is 8.19. The smallest absolute Gasteiger partial charge is 0.321 e. The molecule has 1 aromatic rings. The van der Waals surface area contributed by atoms with Gasteiger partial charge in [-0.1, -0.05) is 17.7 Å². The fraction of sp³-hybridized carbons (Fsp3) is 0.588. The van der Waals surface area contributed by atoms with Crippen molar-refractivity contribution in [2.75, 3.05) is 25.0 Å². The van der Waals surface area contributed by atoms with Crippen molar-refractivity contribution >= 4 is 23.3 Å². The van der Waals surface area contributed by atoms with Crippen LogP contribution in [0.25, 0.3) is 0 Å². The lowest BCUT2D eigenvalue weighted by molar-refractivity contribution is 0.170. The summed E-state index contributed by atoms with van der Waals surface area (Å²) in [5.41, 5.74) is 1.78. The van der Waals surface area contributed by atoms with Crippen molar-refractivity contribution in [1.82, 2.24) is 10.2 Å². The van der Waals surface area contributed by atoms with Gasteiger partial charge in [0.05, 0.1) is 0 Å². The van der Waals surface area contributed by atoms with Crippen LogP contribution in [0.2, 0.25) is 5.02 Å². The third kappa shape index (κ3) is 3.55. The van der Waals surface area contributed by atoms with Crippen molar-refractivity contribution in [2.24, 2.45) is 5.92 Å². The molecule has 1 aromatic carbocycles. The molecule has 0 bridgehead atoms. The average Bonchev–Trinajstić information content (AvgIpc) is 3.05. The second-order valence-corrected chi connectivity index (χ2v) is 6.83. The van der Waals surface area contributed by atoms with E-state index >= 15 is 0 Å². The third-order valence-electron chi connectivity index (χ3n) is 4.92. The predicted octanol–water partition coefficient (Wildman–Crippen LogP) is 3.64. The van der Waals surface area contributed by atoms with Gasteiger partial charge in [-0.2, -0.15) is 0 Å². The quantitative estimate of drug-likeness (QED) is 0.873. The van der Waals surface area contributed by atoms with E-state index in [0.717, 1.165) is 49.6 Å². The minimum absolute atomic E-state index is 0.0160. The van der Waals surface area contributed by atoms with Crippen molar-refractivity contribution in [3.05, 3.63) is 28.8 Å². The molecule has 0 saturated carbocycles. The lowest BCUT2D eigenvalue weighted by Crippen LogP contribution is -2.44. The normalized spacial score (nSPS) is 22.8. The van der Waals surface area contributed by atoms with Crippen LogP contribution in [-0.4, -0.2) is 36.6 Å². The van der Waals surface area contributed by atoms with E-state index in [2.05, 4.69) is 10.6 Å². The summed E-state index contributed by atoms with van der Waals surface area (Å²) < 4.78 is 0. The molecule has 4 nitrogen and oxygen atoms in total. The number of halogens is 1. The summed E-state index contributed by atoms with van der Waals surface area (Å²) in [5.74, 6) is 0.723. The maximum absolute atomic E-state index is 12.3. The van der Waals surface area contributed by atoms with Crippen molar-refractivity contribution in [3.8, 4) is 0 Å². The number of anilines is 1. The van der Waals surface area contributed by atoms with Crippen LogP contribution in [0.4, 0.5) is 10.5 Å². The number of aryl methyl sites for hydroxylation is 1. The maximum atomic E-state index is 12.3. The third-order valence-corrected chi connectivity index (χ3v) is 5.32. The highest BCUT2D eigenvalue weighted by molar-refractivity contribution is 6.31. The number of amides is 2. The van der Waals surface area contributed by atoms with Gasteiger partial charge in [-0.25, -0.2) is 4.79 Å². The molecule has 0 aromatic heterocycles. The van der Waals surface area contributed by atoms with Gasteiger partial charge < -0.3 is 15.5 Å². The summed E-state index contributed by atoms with van der Waals surface area (Å²) in [6.45, 7) is 4.79. The zero-order valence-corrected chi connectivity index (χ0v) is 13.8. The number of benzene rings is 1. The van der Waals surface area contributed by atoms with Crippen molar-refractivity contribution in [1.29, 1.82) is 0 Å². The number of likely N-dealkylation sites (tertiary alicyclic amines) is 1. The van der Waals surface area contributed by atoms with Crippen LogP contribution in [0.3, 0.4) is 0 Å². The fourth-order valence-corrected chi connectivity index (χ4v) is 3.67. The van der Waals surface area contributed by atoms with Crippen LogP contribution < -0.4 is 10.6 Å². The molecule has 2 aliphatic heterocycles. The highest BCUT2D eigenvalue weighted by atomic mass is 35.5. The zero-order valence-electron chi connectivity index (χ0n) is 13.1. The molecule has 5 heteroatoms. The molecular weight excluding hydrogens is 298 g/mol. The number of carbonyl (C=O) groups is 1. The molecule has 2 aliphatic rings. The molecule has 2 heterocycles. The maximum Gasteiger partial charge on any atom is 0.321 e. The Bertz CT molecular complexity index is 535. The topological polar surface area (TPSA) is 44.4 Å². The largest absolute Gasteiger partial charge is 0.325 e. The second kappa shape index (κ2) is 6.88. The Balaban J connectivity index is 1.52. The highest BCUT2D eigenvalue weighted by Crippen LogP contribution is 2.26. The Labute approximate surface area is 137 Å². The average molecular weight is 322 g/mol. The van der Waals surface area contributed by atoms with Crippen molar-refractivity contribution in [3.63, 3.8) is 0 Å². The Kier molecular flexibility index (Phi) is 4.89. The molecule has 1 atom stereocenters. The molecule has 2 fully saturated rings. The molecule has 0 aliphatic carbocycles. The molecule has 2 N–H and O–H groups in total. The van der Waals surface area contributed by atoms with E-state index in [-0.39, 0.29) is 6.03 Å². The number of piperidine rings is 1. The van der Waals surface area contributed by atoms with Crippen LogP contribution in [0, 0.1) is 12.8 Å². The molecule has 2 amide bonds. The van der Waals surface area contributed by atoms with E-state index in [9.17, 15) is 4.79 Å². The SMILES string of the molecule is Cc1ccc(NC(=O)N2CCC(C3CCCN3)CC2)cc1Cl. The Hall–Kier alpha value is -1.26. The van der Waals surface area contributed by atoms with Gasteiger partial charge in [0.2, 0.25) is 0 Å². The summed E-state index contributed by atoms with van der Waals surface area (Å²) in [7, 11) is 0. The van der Waals surface area contributed by atoms with E-state index in [1.54, 1.807) is 0 Å². The molecule has 2 saturated heterocycles. The van der Waals surface area contributed by atoms with E-state index in [1.807, 2.05) is 30.0 Å². The van der Waals surface area contributed by atoms with Gasteiger partial charge in [0.25, 0.3) is 0 Å². The number of urea groups is 1. The Morgan fingerprint density at radius 2 is 2.09 bits per heavy atom. The predicted molar refractivity (Wildman–Crippen MR) is 90.5 cm³/mol. The van der Waals surface area contributed by atoms with Gasteiger partial charge in [-0.15, -0.1) is 0 Å². The summed E-state index contributed by atoms with van der Waals surface area (Å²) in [6.07, 6.45) is 4.78. The van der Waals surface area contributed by atoms with Crippen LogP contribution in [0.1, 0.15) is 31.2 Å². The fourth-order valence-electron chi connectivity index (χ4n) is 3.49. The minimum atomic E-state index is -0.0160. The summed E-state index contributed by atoms with van der Waals surface area (Å²) in [5, 5.41) is 7.22. The Morgan fingerprint density at radius 3 is 2.73 bits per heavy atom. The van der Waals surface area contributed by atoms with Crippen LogP contribution >= 0.6 is 11.6 Å². The number of nitrogens with one attached hydrogen (secondary N) is 2. The number of carbonyl (C=O) groups excluding carboxylic acids is 1. The summed E-state index contributed by atoms with van der Waals surface area (Å²) in [4.78, 5) is 14.3. The zero-order chi connectivity index (χ0) is 15.5. The van der Waals surface area contributed by atoms with Gasteiger partial charge in [0.1, 0.15) is 0 Å². The van der Waals surface area contributed by atoms with E-state index < -0.39 is 0 Å². The van der Waals surface area contributed by atoms with Crippen molar-refractivity contribution < 1.29 is 4.79 Å². The van der Waals surface area contributed by atoms with Gasteiger partial charge in [0.15, 0.2) is 0 Å². The van der Waals surface area contributed by atoms with Crippen LogP contribution in [-0.2, 0) is 0 Å². The van der Waals surface area contributed by atoms with Gasteiger partial charge in [0, 0.05) is 29.8 Å². The van der Waals surface area contributed by atoms with Crippen molar-refractivity contribution in [2.45, 2.75) is 38.6 Å². The molecule has 120 valence electrons. The van der Waals surface area contributed by atoms with Gasteiger partial charge in [-0.05, 0) is 62.8 Å². The van der Waals surface area contributed by atoms with E-state index in [4.69, 9.17) is 11.6 Å². The second-order valence-electron chi connectivity index (χ2n) is 6.42. The van der Waals surface area contributed by atoms with Gasteiger partial charge >= 0.3 is 6.03 Å². The summed E-state index contributed by atoms with van der Waals surface area (Å²) >= 11 is 6.10. The molecule has 0 spiro atoms. The van der Waals surface area contributed by atoms with E-state index in [1.165, 1.54) is 12.8 Å². The minimum Gasteiger partial charge on any atom is -0.325 e. The first-order valence-corrected chi connectivity index (χ1v) is 8.57. The number of rotatable bonds is 2. The molecule has 0 radical (unpaired) electrons. The van der Waals surface area contributed by atoms with Crippen LogP contribution in [0.5, 0.6) is 0 Å². The van der Waals surface area contributed by atoms with E-state index in [0.29, 0.717) is 11.1 Å². The number of hydrogen-bond donors (Lipinski definition) is 2. The highest BCUT2D eigenvalue weighted by Gasteiger charge is 2.29. The molecule has 22 heavy (non-hydrogen) atoms. The van der Waals surface area contributed by atoms with Gasteiger partial charge in [-0.3, -0.25) is 0 Å². The lowest BCUT2D eigenvalue weighted by Gasteiger charge is -2.34. The van der Waals surface area contributed by atoms with Crippen LogP contribution in [0.15, 0.2) is 18.2 Å². The number of hydrogen-bond acceptors (Lipinski definition) is 2. The molecule has 1 unspecified atom stereocenters. The molecular formula is C17H24ClN3O. The Morgan fingerprint density at radius 1 is 1.32 bits per heavy atom. The first-order chi connectivity index (χ1) is 10.6. The lowest BCUT2D eigenvalue weighted by atomic mass is 9.89. The monoisotopic (exact) mass is 321 g/mol. The summed E-state index contributed by atoms with van der Waals surface area (Å²) in [6, 6.07) is 6.28.